The van der Waals surface area contributed by atoms with Gasteiger partial charge in [0, 0.05) is 18.5 Å². The zero-order valence-corrected chi connectivity index (χ0v) is 13.1. The minimum atomic E-state index is 0.142. The van der Waals surface area contributed by atoms with Crippen molar-refractivity contribution in [2.24, 2.45) is 5.73 Å². The number of ether oxygens (including phenoxy) is 3. The van der Waals surface area contributed by atoms with Crippen LogP contribution in [0.1, 0.15) is 38.7 Å². The highest BCUT2D eigenvalue weighted by molar-refractivity contribution is 5.41. The second kappa shape index (κ2) is 8.25. The molecule has 1 aromatic carbocycles. The van der Waals surface area contributed by atoms with Gasteiger partial charge in [-0.05, 0) is 30.9 Å². The van der Waals surface area contributed by atoms with Crippen LogP contribution >= 0.6 is 0 Å². The molecule has 0 spiro atoms. The molecular weight excluding hydrogens is 266 g/mol. The third kappa shape index (κ3) is 4.90. The van der Waals surface area contributed by atoms with Crippen LogP contribution in [-0.4, -0.2) is 32.0 Å². The van der Waals surface area contributed by atoms with E-state index in [-0.39, 0.29) is 12.1 Å². The van der Waals surface area contributed by atoms with Gasteiger partial charge in [-0.25, -0.2) is 0 Å². The summed E-state index contributed by atoms with van der Waals surface area (Å²) in [5, 5.41) is 0. The first-order valence-electron chi connectivity index (χ1n) is 7.98. The Morgan fingerprint density at radius 2 is 2.24 bits per heavy atom. The van der Waals surface area contributed by atoms with Crippen molar-refractivity contribution < 1.29 is 14.2 Å². The molecule has 0 aliphatic carbocycles. The van der Waals surface area contributed by atoms with Gasteiger partial charge in [-0.2, -0.15) is 0 Å². The molecule has 1 heterocycles. The van der Waals surface area contributed by atoms with E-state index in [1.165, 1.54) is 0 Å². The molecule has 21 heavy (non-hydrogen) atoms. The van der Waals surface area contributed by atoms with Crippen LogP contribution < -0.4 is 15.2 Å². The zero-order valence-electron chi connectivity index (χ0n) is 13.1. The molecule has 0 radical (unpaired) electrons. The fourth-order valence-corrected chi connectivity index (χ4v) is 2.34. The molecule has 4 nitrogen and oxygen atoms in total. The fraction of sp³-hybridized carbons (Fsp3) is 0.647. The number of hydrogen-bond acceptors (Lipinski definition) is 4. The SMILES string of the molecule is CCCOc1ccc(CC(N)CC)c(OC2CCOC2)c1. The van der Waals surface area contributed by atoms with E-state index in [1.807, 2.05) is 12.1 Å². The van der Waals surface area contributed by atoms with Crippen LogP contribution in [0.5, 0.6) is 11.5 Å². The normalized spacial score (nSPS) is 19.5. The molecule has 118 valence electrons. The first-order valence-corrected chi connectivity index (χ1v) is 7.98. The van der Waals surface area contributed by atoms with Crippen LogP contribution in [0.2, 0.25) is 0 Å². The first-order chi connectivity index (χ1) is 10.2. The lowest BCUT2D eigenvalue weighted by molar-refractivity contribution is 0.140. The van der Waals surface area contributed by atoms with Gasteiger partial charge in [0.15, 0.2) is 0 Å². The molecule has 0 bridgehead atoms. The van der Waals surface area contributed by atoms with Crippen LogP contribution in [0.3, 0.4) is 0 Å². The minimum absolute atomic E-state index is 0.142. The Hall–Kier alpha value is -1.26. The van der Waals surface area contributed by atoms with E-state index in [9.17, 15) is 0 Å². The molecule has 0 aromatic heterocycles. The maximum absolute atomic E-state index is 6.11. The number of hydrogen-bond donors (Lipinski definition) is 1. The van der Waals surface area contributed by atoms with Gasteiger partial charge >= 0.3 is 0 Å². The molecule has 1 saturated heterocycles. The van der Waals surface area contributed by atoms with E-state index in [0.29, 0.717) is 6.61 Å². The average Bonchev–Trinajstić information content (AvgIpc) is 3.00. The largest absolute Gasteiger partial charge is 0.493 e. The highest BCUT2D eigenvalue weighted by Crippen LogP contribution is 2.28. The Labute approximate surface area is 127 Å². The van der Waals surface area contributed by atoms with E-state index in [0.717, 1.165) is 56.0 Å². The summed E-state index contributed by atoms with van der Waals surface area (Å²) < 4.78 is 17.2. The van der Waals surface area contributed by atoms with E-state index < -0.39 is 0 Å². The summed E-state index contributed by atoms with van der Waals surface area (Å²) >= 11 is 0. The van der Waals surface area contributed by atoms with Crippen molar-refractivity contribution in [1.29, 1.82) is 0 Å². The molecule has 2 rings (SSSR count). The molecule has 2 atom stereocenters. The Balaban J connectivity index is 2.12. The van der Waals surface area contributed by atoms with Gasteiger partial charge in [-0.3, -0.25) is 0 Å². The predicted molar refractivity (Wildman–Crippen MR) is 84.1 cm³/mol. The number of benzene rings is 1. The first kappa shape index (κ1) is 16.1. The van der Waals surface area contributed by atoms with E-state index >= 15 is 0 Å². The Bertz CT molecular complexity index is 430. The van der Waals surface area contributed by atoms with Crippen LogP contribution in [0, 0.1) is 0 Å². The molecule has 1 fully saturated rings. The Morgan fingerprint density at radius 1 is 1.38 bits per heavy atom. The van der Waals surface area contributed by atoms with Crippen LogP contribution in [0.15, 0.2) is 18.2 Å². The molecule has 1 aliphatic heterocycles. The highest BCUT2D eigenvalue weighted by atomic mass is 16.5. The van der Waals surface area contributed by atoms with Crippen molar-refractivity contribution in [3.05, 3.63) is 23.8 Å². The second-order valence-corrected chi connectivity index (χ2v) is 5.59. The van der Waals surface area contributed by atoms with Crippen molar-refractivity contribution >= 4 is 0 Å². The van der Waals surface area contributed by atoms with Gasteiger partial charge in [0.2, 0.25) is 0 Å². The standard InChI is InChI=1S/C17H27NO3/c1-3-8-20-15-6-5-13(10-14(18)4-2)17(11-15)21-16-7-9-19-12-16/h5-6,11,14,16H,3-4,7-10,12,18H2,1-2H3. The fourth-order valence-electron chi connectivity index (χ4n) is 2.34. The summed E-state index contributed by atoms with van der Waals surface area (Å²) in [6, 6.07) is 6.23. The van der Waals surface area contributed by atoms with Crippen molar-refractivity contribution in [1.82, 2.24) is 0 Å². The summed E-state index contributed by atoms with van der Waals surface area (Å²) in [4.78, 5) is 0. The maximum Gasteiger partial charge on any atom is 0.126 e. The lowest BCUT2D eigenvalue weighted by Gasteiger charge is -2.18. The third-order valence-corrected chi connectivity index (χ3v) is 3.70. The summed E-state index contributed by atoms with van der Waals surface area (Å²) in [5.74, 6) is 1.75. The molecule has 1 aliphatic rings. The van der Waals surface area contributed by atoms with Crippen molar-refractivity contribution in [3.63, 3.8) is 0 Å². The van der Waals surface area contributed by atoms with E-state index in [1.54, 1.807) is 0 Å². The molecule has 4 heteroatoms. The average molecular weight is 293 g/mol. The van der Waals surface area contributed by atoms with Crippen LogP contribution in [0.4, 0.5) is 0 Å². The van der Waals surface area contributed by atoms with E-state index in [2.05, 4.69) is 19.9 Å². The summed E-state index contributed by atoms with van der Waals surface area (Å²) in [5.41, 5.74) is 7.24. The quantitative estimate of drug-likeness (QED) is 0.800. The lowest BCUT2D eigenvalue weighted by atomic mass is 10.0. The smallest absolute Gasteiger partial charge is 0.126 e. The summed E-state index contributed by atoms with van der Waals surface area (Å²) in [7, 11) is 0. The Morgan fingerprint density at radius 3 is 2.90 bits per heavy atom. The predicted octanol–water partition coefficient (Wildman–Crippen LogP) is 2.92. The topological polar surface area (TPSA) is 53.7 Å². The van der Waals surface area contributed by atoms with Gasteiger partial charge in [-0.1, -0.05) is 19.9 Å². The molecule has 1 aromatic rings. The number of rotatable bonds is 8. The maximum atomic E-state index is 6.11. The molecular formula is C17H27NO3. The molecule has 2 unspecified atom stereocenters. The minimum Gasteiger partial charge on any atom is -0.493 e. The van der Waals surface area contributed by atoms with E-state index in [4.69, 9.17) is 19.9 Å². The van der Waals surface area contributed by atoms with Crippen LogP contribution in [0.25, 0.3) is 0 Å². The van der Waals surface area contributed by atoms with Crippen molar-refractivity contribution in [2.75, 3.05) is 19.8 Å². The van der Waals surface area contributed by atoms with Gasteiger partial charge < -0.3 is 19.9 Å². The van der Waals surface area contributed by atoms with Crippen LogP contribution in [-0.2, 0) is 11.2 Å². The van der Waals surface area contributed by atoms with Gasteiger partial charge in [0.05, 0.1) is 19.8 Å². The van der Waals surface area contributed by atoms with Crippen molar-refractivity contribution in [2.45, 2.75) is 51.7 Å². The lowest BCUT2D eigenvalue weighted by Crippen LogP contribution is -2.23. The third-order valence-electron chi connectivity index (χ3n) is 3.70. The van der Waals surface area contributed by atoms with Gasteiger partial charge in [0.1, 0.15) is 17.6 Å². The molecule has 2 N–H and O–H groups in total. The van der Waals surface area contributed by atoms with Gasteiger partial charge in [0.25, 0.3) is 0 Å². The Kier molecular flexibility index (Phi) is 6.33. The monoisotopic (exact) mass is 293 g/mol. The second-order valence-electron chi connectivity index (χ2n) is 5.59. The number of nitrogens with two attached hydrogens (primary N) is 1. The summed E-state index contributed by atoms with van der Waals surface area (Å²) in [6.07, 6.45) is 3.87. The zero-order chi connectivity index (χ0) is 15.1. The van der Waals surface area contributed by atoms with Crippen molar-refractivity contribution in [3.8, 4) is 11.5 Å². The molecule has 0 saturated carbocycles. The van der Waals surface area contributed by atoms with Gasteiger partial charge in [-0.15, -0.1) is 0 Å². The molecule has 0 amide bonds. The summed E-state index contributed by atoms with van der Waals surface area (Å²) in [6.45, 7) is 6.37. The highest BCUT2D eigenvalue weighted by Gasteiger charge is 2.19.